The van der Waals surface area contributed by atoms with E-state index in [9.17, 15) is 13.2 Å². The highest BCUT2D eigenvalue weighted by molar-refractivity contribution is 7.99. The summed E-state index contributed by atoms with van der Waals surface area (Å²) in [7, 11) is -3.34. The number of thiophene rings is 1. The van der Waals surface area contributed by atoms with Gasteiger partial charge in [0.25, 0.3) is 0 Å². The first-order valence-electron chi connectivity index (χ1n) is 12.4. The van der Waals surface area contributed by atoms with Crippen molar-refractivity contribution in [2.45, 2.75) is 49.1 Å². The van der Waals surface area contributed by atoms with Crippen LogP contribution in [0.4, 0.5) is 0 Å². The van der Waals surface area contributed by atoms with E-state index in [1.54, 1.807) is 24.8 Å². The molecule has 1 heterocycles. The van der Waals surface area contributed by atoms with Crippen LogP contribution >= 0.6 is 34.7 Å². The number of fused-ring (bicyclic) bond motifs is 1. The number of sulfone groups is 1. The van der Waals surface area contributed by atoms with E-state index in [1.165, 1.54) is 11.3 Å². The van der Waals surface area contributed by atoms with Crippen molar-refractivity contribution in [3.63, 3.8) is 0 Å². The first-order valence-corrected chi connectivity index (χ1v) is 16.2. The highest BCUT2D eigenvalue weighted by Gasteiger charge is 2.21. The lowest BCUT2D eigenvalue weighted by atomic mass is 10.1. The molecule has 3 aromatic rings. The Hall–Kier alpha value is -1.78. The number of halogens is 1. The average Bonchev–Trinajstić information content (AvgIpc) is 3.20. The lowest BCUT2D eigenvalue weighted by Crippen LogP contribution is -2.21. The molecule has 1 N–H and O–H groups in total. The average molecular weight is 584 g/mol. The van der Waals surface area contributed by atoms with Gasteiger partial charge in [-0.25, -0.2) is 13.2 Å². The topological polar surface area (TPSA) is 81.7 Å². The number of ether oxygens (including phenoxy) is 2. The Morgan fingerprint density at radius 3 is 2.70 bits per heavy atom. The summed E-state index contributed by atoms with van der Waals surface area (Å²) in [4.78, 5) is 12.7. The van der Waals surface area contributed by atoms with E-state index in [1.807, 2.05) is 31.2 Å². The number of rotatable bonds is 15. The van der Waals surface area contributed by atoms with Crippen molar-refractivity contribution in [3.8, 4) is 5.75 Å². The van der Waals surface area contributed by atoms with Crippen molar-refractivity contribution in [3.05, 3.63) is 52.5 Å². The number of hydrogen-bond donors (Lipinski definition) is 1. The standard InChI is InChI=1S/C27H34ClNO5S3/c1-4-7-20-16-22(9-10-24(20)34-18-26(30)33-5-2)35-14-13-29-12-6-15-37(31,32)27-19(3)23-17-21(28)8-11-25(23)36-27/h8-11,16-17,29H,4-7,12-15,18H2,1-3H3. The summed E-state index contributed by atoms with van der Waals surface area (Å²) in [6.07, 6.45) is 2.39. The second-order valence-corrected chi connectivity index (χ2v) is 13.5. The quantitative estimate of drug-likeness (QED) is 0.128. The van der Waals surface area contributed by atoms with Gasteiger partial charge < -0.3 is 14.8 Å². The molecule has 0 aliphatic carbocycles. The zero-order valence-electron chi connectivity index (χ0n) is 21.5. The molecule has 0 aliphatic heterocycles. The number of carbonyl (C=O) groups is 1. The minimum Gasteiger partial charge on any atom is -0.482 e. The van der Waals surface area contributed by atoms with Gasteiger partial charge in [-0.15, -0.1) is 23.1 Å². The fraction of sp³-hybridized carbons (Fsp3) is 0.444. The number of benzene rings is 2. The van der Waals surface area contributed by atoms with Gasteiger partial charge in [-0.1, -0.05) is 24.9 Å². The molecule has 3 rings (SSSR count). The SMILES string of the molecule is CCCc1cc(SCCNCCCS(=O)(=O)c2sc3ccc(Cl)cc3c2C)ccc1OCC(=O)OCC. The molecule has 6 nitrogen and oxygen atoms in total. The van der Waals surface area contributed by atoms with E-state index < -0.39 is 9.84 Å². The number of aryl methyl sites for hydroxylation is 2. The molecule has 0 radical (unpaired) electrons. The predicted octanol–water partition coefficient (Wildman–Crippen LogP) is 6.30. The molecule has 0 bridgehead atoms. The fourth-order valence-corrected chi connectivity index (χ4v) is 8.18. The Bertz CT molecular complexity index is 1310. The maximum atomic E-state index is 12.9. The van der Waals surface area contributed by atoms with Crippen LogP contribution in [0.1, 0.15) is 37.8 Å². The van der Waals surface area contributed by atoms with Crippen LogP contribution in [-0.4, -0.2) is 52.2 Å². The van der Waals surface area contributed by atoms with Crippen molar-refractivity contribution in [2.75, 3.05) is 37.8 Å². The lowest BCUT2D eigenvalue weighted by Gasteiger charge is -2.12. The molecule has 0 fully saturated rings. The van der Waals surface area contributed by atoms with Crippen LogP contribution in [0.3, 0.4) is 0 Å². The van der Waals surface area contributed by atoms with Gasteiger partial charge in [0.2, 0.25) is 0 Å². The largest absolute Gasteiger partial charge is 0.482 e. The van der Waals surface area contributed by atoms with Crippen LogP contribution in [0.25, 0.3) is 10.1 Å². The van der Waals surface area contributed by atoms with E-state index in [-0.39, 0.29) is 18.3 Å². The predicted molar refractivity (Wildman–Crippen MR) is 154 cm³/mol. The zero-order valence-corrected chi connectivity index (χ0v) is 24.7. The van der Waals surface area contributed by atoms with Crippen molar-refractivity contribution in [1.82, 2.24) is 5.32 Å². The number of esters is 1. The fourth-order valence-electron chi connectivity index (χ4n) is 3.90. The molecule has 1 aromatic heterocycles. The summed E-state index contributed by atoms with van der Waals surface area (Å²) >= 11 is 9.13. The van der Waals surface area contributed by atoms with E-state index in [0.29, 0.717) is 28.8 Å². The zero-order chi connectivity index (χ0) is 26.8. The molecule has 0 saturated heterocycles. The van der Waals surface area contributed by atoms with Gasteiger partial charge in [0.15, 0.2) is 16.4 Å². The molecule has 0 atom stereocenters. The van der Waals surface area contributed by atoms with Gasteiger partial charge >= 0.3 is 5.97 Å². The summed E-state index contributed by atoms with van der Waals surface area (Å²) in [6, 6.07) is 11.5. The molecule has 0 spiro atoms. The third-order valence-corrected chi connectivity index (χ3v) is 10.7. The smallest absolute Gasteiger partial charge is 0.344 e. The Balaban J connectivity index is 1.42. The summed E-state index contributed by atoms with van der Waals surface area (Å²) in [5.74, 6) is 1.32. The normalized spacial score (nSPS) is 11.7. The van der Waals surface area contributed by atoms with Crippen molar-refractivity contribution >= 4 is 60.6 Å². The van der Waals surface area contributed by atoms with Crippen molar-refractivity contribution < 1.29 is 22.7 Å². The van der Waals surface area contributed by atoms with Gasteiger partial charge in [-0.2, -0.15) is 0 Å². The Labute approximate surface area is 233 Å². The summed E-state index contributed by atoms with van der Waals surface area (Å²) < 4.78 is 37.8. The van der Waals surface area contributed by atoms with Gasteiger partial charge in [0.05, 0.1) is 12.4 Å². The van der Waals surface area contributed by atoms with Crippen molar-refractivity contribution in [2.24, 2.45) is 0 Å². The number of nitrogens with one attached hydrogen (secondary N) is 1. The molecule has 37 heavy (non-hydrogen) atoms. The maximum absolute atomic E-state index is 12.9. The highest BCUT2D eigenvalue weighted by atomic mass is 35.5. The van der Waals surface area contributed by atoms with Gasteiger partial charge in [-0.05, 0) is 86.1 Å². The molecule has 0 aliphatic rings. The van der Waals surface area contributed by atoms with E-state index in [2.05, 4.69) is 18.3 Å². The number of carbonyl (C=O) groups excluding carboxylic acids is 1. The van der Waals surface area contributed by atoms with Crippen LogP contribution in [0.15, 0.2) is 45.5 Å². The van der Waals surface area contributed by atoms with Crippen LogP contribution in [-0.2, 0) is 25.8 Å². The molecule has 0 saturated carbocycles. The molecular formula is C27H34ClNO5S3. The highest BCUT2D eigenvalue weighted by Crippen LogP contribution is 2.36. The minimum absolute atomic E-state index is 0.0898. The van der Waals surface area contributed by atoms with E-state index >= 15 is 0 Å². The molecule has 10 heteroatoms. The van der Waals surface area contributed by atoms with Crippen LogP contribution in [0, 0.1) is 6.92 Å². The number of hydrogen-bond acceptors (Lipinski definition) is 8. The van der Waals surface area contributed by atoms with E-state index in [4.69, 9.17) is 21.1 Å². The van der Waals surface area contributed by atoms with Gasteiger partial charge in [0.1, 0.15) is 9.96 Å². The van der Waals surface area contributed by atoms with E-state index in [0.717, 1.165) is 57.0 Å². The summed E-state index contributed by atoms with van der Waals surface area (Å²) in [6.45, 7) is 7.39. The monoisotopic (exact) mass is 583 g/mol. The summed E-state index contributed by atoms with van der Waals surface area (Å²) in [5.41, 5.74) is 1.86. The molecule has 0 unspecified atom stereocenters. The minimum atomic E-state index is -3.34. The van der Waals surface area contributed by atoms with Crippen molar-refractivity contribution in [1.29, 1.82) is 0 Å². The Morgan fingerprint density at radius 2 is 1.95 bits per heavy atom. The maximum Gasteiger partial charge on any atom is 0.344 e. The van der Waals surface area contributed by atoms with Gasteiger partial charge in [-0.3, -0.25) is 0 Å². The molecule has 202 valence electrons. The second kappa shape index (κ2) is 14.4. The summed E-state index contributed by atoms with van der Waals surface area (Å²) in [5, 5.41) is 4.87. The second-order valence-electron chi connectivity index (χ2n) is 8.54. The van der Waals surface area contributed by atoms with Crippen LogP contribution < -0.4 is 10.1 Å². The molecule has 0 amide bonds. The Morgan fingerprint density at radius 1 is 1.14 bits per heavy atom. The van der Waals surface area contributed by atoms with Crippen LogP contribution in [0.5, 0.6) is 5.75 Å². The third kappa shape index (κ3) is 8.61. The number of thioether (sulfide) groups is 1. The Kier molecular flexibility index (Phi) is 11.6. The first kappa shape index (κ1) is 29.8. The first-order chi connectivity index (χ1) is 17.7. The molecule has 2 aromatic carbocycles. The lowest BCUT2D eigenvalue weighted by molar-refractivity contribution is -0.145. The molecular weight excluding hydrogens is 550 g/mol. The third-order valence-electron chi connectivity index (χ3n) is 5.65. The van der Waals surface area contributed by atoms with Gasteiger partial charge in [0, 0.05) is 26.9 Å². The van der Waals surface area contributed by atoms with Crippen LogP contribution in [0.2, 0.25) is 5.02 Å².